The number of nitrogens with zero attached hydrogens (tertiary/aromatic N) is 4. The molecule has 0 amide bonds. The first kappa shape index (κ1) is 35.0. The van der Waals surface area contributed by atoms with Crippen LogP contribution in [0.15, 0.2) is 218 Å². The van der Waals surface area contributed by atoms with Gasteiger partial charge in [-0.05, 0) is 93.0 Å². The summed E-state index contributed by atoms with van der Waals surface area (Å²) in [6.45, 7) is 0. The van der Waals surface area contributed by atoms with Crippen LogP contribution in [0.1, 0.15) is 0 Å². The van der Waals surface area contributed by atoms with E-state index in [0.29, 0.717) is 0 Å². The van der Waals surface area contributed by atoms with Crippen LogP contribution in [0.5, 0.6) is 0 Å². The molecular weight excluding hydrogens is 777 g/mol. The smallest absolute Gasteiger partial charge is 0.0979 e. The van der Waals surface area contributed by atoms with Crippen LogP contribution in [0.4, 0.5) is 0 Å². The van der Waals surface area contributed by atoms with Crippen molar-refractivity contribution in [1.82, 2.24) is 19.1 Å². The molecule has 0 aliphatic rings. The lowest BCUT2D eigenvalue weighted by Crippen LogP contribution is -2.00. The molecule has 0 radical (unpaired) electrons. The Bertz CT molecular complexity index is 4270. The predicted molar refractivity (Wildman–Crippen MR) is 269 cm³/mol. The van der Waals surface area contributed by atoms with Gasteiger partial charge in [-0.3, -0.25) is 0 Å². The van der Waals surface area contributed by atoms with Gasteiger partial charge in [0.1, 0.15) is 0 Å². The quantitative estimate of drug-likeness (QED) is 0.177. The molecule has 296 valence electrons. The number of benzene rings is 11. The number of para-hydroxylation sites is 3. The van der Waals surface area contributed by atoms with E-state index >= 15 is 0 Å². The molecule has 0 unspecified atom stereocenters. The van der Waals surface area contributed by atoms with E-state index in [9.17, 15) is 0 Å². The van der Waals surface area contributed by atoms with E-state index in [1.165, 1.54) is 64.9 Å². The summed E-state index contributed by atoms with van der Waals surface area (Å²) in [4.78, 5) is 10.8. The molecule has 4 heteroatoms. The largest absolute Gasteiger partial charge is 0.309 e. The fourth-order valence-electron chi connectivity index (χ4n) is 10.6. The summed E-state index contributed by atoms with van der Waals surface area (Å²) >= 11 is 0. The Morgan fingerprint density at radius 2 is 0.906 bits per heavy atom. The second-order valence-electron chi connectivity index (χ2n) is 16.9. The van der Waals surface area contributed by atoms with Crippen LogP contribution in [-0.2, 0) is 0 Å². The zero-order valence-electron chi connectivity index (χ0n) is 34.6. The third-order valence-electron chi connectivity index (χ3n) is 13.4. The van der Waals surface area contributed by atoms with Gasteiger partial charge in [-0.2, -0.15) is 0 Å². The summed E-state index contributed by atoms with van der Waals surface area (Å²) in [5, 5.41) is 14.4. The maximum absolute atomic E-state index is 5.42. The van der Waals surface area contributed by atoms with Crippen molar-refractivity contribution >= 4 is 97.7 Å². The predicted octanol–water partition coefficient (Wildman–Crippen LogP) is 15.8. The van der Waals surface area contributed by atoms with Crippen LogP contribution in [-0.4, -0.2) is 19.1 Å². The zero-order chi connectivity index (χ0) is 41.9. The maximum atomic E-state index is 5.42. The van der Waals surface area contributed by atoms with Crippen LogP contribution in [0.25, 0.3) is 132 Å². The third-order valence-corrected chi connectivity index (χ3v) is 13.4. The minimum atomic E-state index is 0.867. The normalized spacial score (nSPS) is 12.1. The van der Waals surface area contributed by atoms with Gasteiger partial charge in [0.05, 0.1) is 55.9 Å². The highest BCUT2D eigenvalue weighted by atomic mass is 15.0. The molecule has 14 aromatic rings. The van der Waals surface area contributed by atoms with Crippen molar-refractivity contribution in [3.8, 4) is 33.9 Å². The molecule has 3 aromatic heterocycles. The average molecular weight is 813 g/mol. The van der Waals surface area contributed by atoms with E-state index in [1.54, 1.807) is 0 Å². The van der Waals surface area contributed by atoms with Crippen molar-refractivity contribution in [3.05, 3.63) is 218 Å². The molecular formula is C60H36N4. The standard InChI is InChI=1S/C60H36N4/c1-2-16-39-34-42(29-28-37(39)14-1)58-59(62-51-24-11-10-23-50(51)61-58)47-32-33-53(45-21-8-7-20-44(45)47)63-54-26-13-27-55(57(54)49-35-40-17-3-4-18-41(40)36-56(49)63)64-52-25-12-9-22-46(52)48-31-30-38-15-5-6-19-43(38)60(48)64/h1-36H. The van der Waals surface area contributed by atoms with Crippen molar-refractivity contribution in [2.45, 2.75) is 0 Å². The summed E-state index contributed by atoms with van der Waals surface area (Å²) in [6, 6.07) is 79.2. The van der Waals surface area contributed by atoms with Crippen LogP contribution in [0.3, 0.4) is 0 Å². The molecule has 0 saturated heterocycles. The van der Waals surface area contributed by atoms with Crippen molar-refractivity contribution < 1.29 is 0 Å². The molecule has 3 heterocycles. The summed E-state index contributed by atoms with van der Waals surface area (Å²) in [5.41, 5.74) is 12.6. The molecule has 64 heavy (non-hydrogen) atoms. The summed E-state index contributed by atoms with van der Waals surface area (Å²) < 4.78 is 5.01. The molecule has 14 rings (SSSR count). The van der Waals surface area contributed by atoms with Gasteiger partial charge < -0.3 is 9.13 Å². The van der Waals surface area contributed by atoms with Gasteiger partial charge in [-0.15, -0.1) is 0 Å². The maximum Gasteiger partial charge on any atom is 0.0979 e. The van der Waals surface area contributed by atoms with E-state index in [0.717, 1.165) is 66.7 Å². The first-order chi connectivity index (χ1) is 31.7. The summed E-state index contributed by atoms with van der Waals surface area (Å²) in [6.07, 6.45) is 0. The van der Waals surface area contributed by atoms with E-state index < -0.39 is 0 Å². The monoisotopic (exact) mass is 812 g/mol. The number of rotatable bonds is 4. The van der Waals surface area contributed by atoms with Gasteiger partial charge in [-0.1, -0.05) is 158 Å². The fourth-order valence-corrected chi connectivity index (χ4v) is 10.6. The Balaban J connectivity index is 1.08. The molecule has 0 bridgehead atoms. The van der Waals surface area contributed by atoms with Crippen molar-refractivity contribution in [3.63, 3.8) is 0 Å². The Kier molecular flexibility index (Phi) is 7.36. The van der Waals surface area contributed by atoms with Crippen LogP contribution < -0.4 is 0 Å². The third kappa shape index (κ3) is 5.05. The molecule has 0 spiro atoms. The lowest BCUT2D eigenvalue weighted by Gasteiger charge is -2.17. The first-order valence-electron chi connectivity index (χ1n) is 21.9. The zero-order valence-corrected chi connectivity index (χ0v) is 34.6. The Morgan fingerprint density at radius 1 is 0.297 bits per heavy atom. The molecule has 0 aliphatic carbocycles. The topological polar surface area (TPSA) is 35.6 Å². The van der Waals surface area contributed by atoms with Gasteiger partial charge >= 0.3 is 0 Å². The Morgan fingerprint density at radius 3 is 1.72 bits per heavy atom. The molecule has 0 atom stereocenters. The Hall–Kier alpha value is -8.60. The van der Waals surface area contributed by atoms with E-state index in [2.05, 4.69) is 215 Å². The van der Waals surface area contributed by atoms with E-state index in [1.807, 2.05) is 12.1 Å². The first-order valence-corrected chi connectivity index (χ1v) is 21.9. The van der Waals surface area contributed by atoms with Crippen LogP contribution >= 0.6 is 0 Å². The Labute approximate surface area is 367 Å². The van der Waals surface area contributed by atoms with Crippen molar-refractivity contribution in [2.75, 3.05) is 0 Å². The van der Waals surface area contributed by atoms with Gasteiger partial charge in [0.25, 0.3) is 0 Å². The number of hydrogen-bond donors (Lipinski definition) is 0. The van der Waals surface area contributed by atoms with E-state index in [-0.39, 0.29) is 0 Å². The highest BCUT2D eigenvalue weighted by Gasteiger charge is 2.24. The summed E-state index contributed by atoms with van der Waals surface area (Å²) in [7, 11) is 0. The molecule has 0 saturated carbocycles. The fraction of sp³-hybridized carbons (Fsp3) is 0. The second kappa shape index (κ2) is 13.4. The van der Waals surface area contributed by atoms with Gasteiger partial charge in [0.15, 0.2) is 0 Å². The highest BCUT2D eigenvalue weighted by molar-refractivity contribution is 6.22. The SMILES string of the molecule is c1ccc2cc(-c3nc4ccccc4nc3-c3ccc(-n4c5cc6ccccc6cc5c5c(-n6c7ccccc7c7ccc8ccccc8c76)cccc54)c4ccccc34)ccc2c1. The lowest BCUT2D eigenvalue weighted by molar-refractivity contribution is 1.18. The molecule has 0 fully saturated rings. The van der Waals surface area contributed by atoms with Crippen LogP contribution in [0.2, 0.25) is 0 Å². The number of aromatic nitrogens is 4. The number of fused-ring (bicyclic) bond motifs is 12. The van der Waals surface area contributed by atoms with Crippen LogP contribution in [0, 0.1) is 0 Å². The number of hydrogen-bond acceptors (Lipinski definition) is 2. The van der Waals surface area contributed by atoms with Crippen molar-refractivity contribution in [2.24, 2.45) is 0 Å². The molecule has 0 aliphatic heterocycles. The second-order valence-corrected chi connectivity index (χ2v) is 16.9. The van der Waals surface area contributed by atoms with Gasteiger partial charge in [-0.25, -0.2) is 9.97 Å². The molecule has 0 N–H and O–H groups in total. The lowest BCUT2D eigenvalue weighted by atomic mass is 9.96. The average Bonchev–Trinajstić information content (AvgIpc) is 3.87. The highest BCUT2D eigenvalue weighted by Crippen LogP contribution is 2.45. The molecule has 11 aromatic carbocycles. The summed E-state index contributed by atoms with van der Waals surface area (Å²) in [5.74, 6) is 0. The van der Waals surface area contributed by atoms with E-state index in [4.69, 9.17) is 9.97 Å². The molecule has 4 nitrogen and oxygen atoms in total. The van der Waals surface area contributed by atoms with Gasteiger partial charge in [0, 0.05) is 43.4 Å². The van der Waals surface area contributed by atoms with Gasteiger partial charge in [0.2, 0.25) is 0 Å². The minimum absolute atomic E-state index is 0.867. The van der Waals surface area contributed by atoms with Crippen molar-refractivity contribution in [1.29, 1.82) is 0 Å². The minimum Gasteiger partial charge on any atom is -0.309 e.